The van der Waals surface area contributed by atoms with Crippen LogP contribution in [0.25, 0.3) is 16.9 Å². The highest BCUT2D eigenvalue weighted by Gasteiger charge is 2.12. The van der Waals surface area contributed by atoms with Crippen LogP contribution in [0, 0.1) is 0 Å². The Bertz CT molecular complexity index is 737. The van der Waals surface area contributed by atoms with Crippen molar-refractivity contribution in [2.24, 2.45) is 0 Å². The summed E-state index contributed by atoms with van der Waals surface area (Å²) in [5, 5.41) is 4.91. The quantitative estimate of drug-likeness (QED) is 0.685. The highest BCUT2D eigenvalue weighted by molar-refractivity contribution is 6.30. The van der Waals surface area contributed by atoms with Crippen LogP contribution in [0.15, 0.2) is 49.1 Å². The molecule has 0 bridgehead atoms. The van der Waals surface area contributed by atoms with E-state index in [-0.39, 0.29) is 0 Å². The Morgan fingerprint density at radius 3 is 2.67 bits per heavy atom. The molecule has 0 unspecified atom stereocenters. The fourth-order valence-electron chi connectivity index (χ4n) is 2.26. The monoisotopic (exact) mass is 298 g/mol. The van der Waals surface area contributed by atoms with Crippen molar-refractivity contribution >= 4 is 11.6 Å². The molecule has 0 radical (unpaired) electrons. The molecular formula is C16H15ClN4. The lowest BCUT2D eigenvalue weighted by molar-refractivity contribution is 0.799. The molecule has 0 amide bonds. The molecule has 0 aliphatic heterocycles. The first-order chi connectivity index (χ1) is 10.3. The predicted molar refractivity (Wildman–Crippen MR) is 83.6 cm³/mol. The lowest BCUT2D eigenvalue weighted by Crippen LogP contribution is -2.05. The van der Waals surface area contributed by atoms with Crippen LogP contribution in [0.3, 0.4) is 0 Å². The summed E-state index contributed by atoms with van der Waals surface area (Å²) in [4.78, 5) is 8.40. The van der Waals surface area contributed by atoms with E-state index in [1.807, 2.05) is 30.6 Å². The van der Waals surface area contributed by atoms with E-state index in [0.717, 1.165) is 35.3 Å². The van der Waals surface area contributed by atoms with Crippen molar-refractivity contribution in [3.63, 3.8) is 0 Å². The molecule has 106 valence electrons. The van der Waals surface area contributed by atoms with Gasteiger partial charge in [-0.2, -0.15) is 5.10 Å². The first-order valence-electron chi connectivity index (χ1n) is 6.89. The molecule has 0 saturated carbocycles. The van der Waals surface area contributed by atoms with Crippen LogP contribution in [0.1, 0.15) is 18.9 Å². The zero-order valence-electron chi connectivity index (χ0n) is 11.7. The average molecular weight is 299 g/mol. The molecule has 2 heterocycles. The van der Waals surface area contributed by atoms with Crippen molar-refractivity contribution in [2.75, 3.05) is 0 Å². The van der Waals surface area contributed by atoms with Gasteiger partial charge in [0.15, 0.2) is 5.82 Å². The number of halogens is 1. The van der Waals surface area contributed by atoms with E-state index >= 15 is 0 Å². The van der Waals surface area contributed by atoms with E-state index < -0.39 is 0 Å². The van der Waals surface area contributed by atoms with Gasteiger partial charge in [-0.15, -0.1) is 0 Å². The Labute approximate surface area is 128 Å². The number of rotatable bonds is 4. The molecule has 0 fully saturated rings. The van der Waals surface area contributed by atoms with Gasteiger partial charge in [-0.05, 0) is 12.0 Å². The minimum Gasteiger partial charge on any atom is -0.224 e. The fourth-order valence-corrected chi connectivity index (χ4v) is 2.49. The van der Waals surface area contributed by atoms with Gasteiger partial charge < -0.3 is 0 Å². The van der Waals surface area contributed by atoms with Crippen molar-refractivity contribution in [3.05, 3.63) is 59.8 Å². The minimum atomic E-state index is 0.499. The van der Waals surface area contributed by atoms with Gasteiger partial charge >= 0.3 is 0 Å². The van der Waals surface area contributed by atoms with Gasteiger partial charge in [0.05, 0.1) is 6.20 Å². The van der Waals surface area contributed by atoms with E-state index in [1.165, 1.54) is 6.33 Å². The maximum atomic E-state index is 6.19. The molecule has 0 N–H and O–H groups in total. The Morgan fingerprint density at radius 1 is 1.10 bits per heavy atom. The van der Waals surface area contributed by atoms with Gasteiger partial charge in [-0.3, -0.25) is 0 Å². The number of hydrogen-bond acceptors (Lipinski definition) is 3. The second-order valence-electron chi connectivity index (χ2n) is 4.76. The molecule has 3 aromatic rings. The van der Waals surface area contributed by atoms with Gasteiger partial charge in [0.2, 0.25) is 0 Å². The van der Waals surface area contributed by atoms with Gasteiger partial charge in [0, 0.05) is 17.3 Å². The van der Waals surface area contributed by atoms with Crippen LogP contribution in [0.4, 0.5) is 0 Å². The zero-order valence-corrected chi connectivity index (χ0v) is 12.5. The molecule has 0 aliphatic carbocycles. The number of nitrogens with zero attached hydrogens (tertiary/aromatic N) is 4. The Kier molecular flexibility index (Phi) is 3.97. The highest BCUT2D eigenvalue weighted by Crippen LogP contribution is 2.23. The van der Waals surface area contributed by atoms with Crippen LogP contribution < -0.4 is 0 Å². The molecule has 4 nitrogen and oxygen atoms in total. The molecule has 0 aliphatic rings. The third-order valence-corrected chi connectivity index (χ3v) is 3.60. The Hall–Kier alpha value is -2.20. The van der Waals surface area contributed by atoms with E-state index in [2.05, 4.69) is 34.1 Å². The molecule has 0 saturated heterocycles. The minimum absolute atomic E-state index is 0.499. The first-order valence-corrected chi connectivity index (χ1v) is 7.27. The predicted octanol–water partition coefficient (Wildman–Crippen LogP) is 3.94. The molecule has 2 aromatic heterocycles. The second kappa shape index (κ2) is 6.06. The molecule has 0 spiro atoms. The maximum Gasteiger partial charge on any atom is 0.161 e. The van der Waals surface area contributed by atoms with E-state index in [9.17, 15) is 0 Å². The standard InChI is InChI=1S/C16H15ClN4/c1-2-6-14-15(17)18-11-19-16(14)21-10-13(9-20-21)12-7-4-3-5-8-12/h3-5,7-11H,2,6H2,1H3. The van der Waals surface area contributed by atoms with Crippen LogP contribution in [0.5, 0.6) is 0 Å². The summed E-state index contributed by atoms with van der Waals surface area (Å²) in [5.41, 5.74) is 3.11. The van der Waals surface area contributed by atoms with Crippen LogP contribution in [0.2, 0.25) is 5.15 Å². The summed E-state index contributed by atoms with van der Waals surface area (Å²) >= 11 is 6.19. The summed E-state index contributed by atoms with van der Waals surface area (Å²) in [6, 6.07) is 10.1. The topological polar surface area (TPSA) is 43.6 Å². The number of aromatic nitrogens is 4. The smallest absolute Gasteiger partial charge is 0.161 e. The summed E-state index contributed by atoms with van der Waals surface area (Å²) in [5.74, 6) is 0.749. The van der Waals surface area contributed by atoms with E-state index in [0.29, 0.717) is 5.15 Å². The van der Waals surface area contributed by atoms with Crippen LogP contribution in [-0.4, -0.2) is 19.7 Å². The lowest BCUT2D eigenvalue weighted by Gasteiger charge is -2.08. The van der Waals surface area contributed by atoms with Gasteiger partial charge in [0.25, 0.3) is 0 Å². The van der Waals surface area contributed by atoms with Crippen LogP contribution in [-0.2, 0) is 6.42 Å². The fraction of sp³-hybridized carbons (Fsp3) is 0.188. The normalized spacial score (nSPS) is 10.8. The molecule has 5 heteroatoms. The average Bonchev–Trinajstić information content (AvgIpc) is 3.00. The number of hydrogen-bond donors (Lipinski definition) is 0. The second-order valence-corrected chi connectivity index (χ2v) is 5.11. The van der Waals surface area contributed by atoms with Crippen molar-refractivity contribution in [3.8, 4) is 16.9 Å². The summed E-state index contributed by atoms with van der Waals surface area (Å²) in [6.07, 6.45) is 7.08. The highest BCUT2D eigenvalue weighted by atomic mass is 35.5. The Morgan fingerprint density at radius 2 is 1.90 bits per heavy atom. The largest absolute Gasteiger partial charge is 0.224 e. The maximum absolute atomic E-state index is 6.19. The van der Waals surface area contributed by atoms with E-state index in [4.69, 9.17) is 11.6 Å². The van der Waals surface area contributed by atoms with Crippen molar-refractivity contribution in [1.29, 1.82) is 0 Å². The Balaban J connectivity index is 2.03. The summed E-state index contributed by atoms with van der Waals surface area (Å²) in [7, 11) is 0. The molecular weight excluding hydrogens is 284 g/mol. The van der Waals surface area contributed by atoms with Crippen molar-refractivity contribution in [1.82, 2.24) is 19.7 Å². The molecule has 3 rings (SSSR count). The summed E-state index contributed by atoms with van der Waals surface area (Å²) < 4.78 is 1.76. The summed E-state index contributed by atoms with van der Waals surface area (Å²) in [6.45, 7) is 2.10. The molecule has 0 atom stereocenters. The van der Waals surface area contributed by atoms with Gasteiger partial charge in [-0.25, -0.2) is 14.6 Å². The van der Waals surface area contributed by atoms with Crippen LogP contribution >= 0.6 is 11.6 Å². The molecule has 21 heavy (non-hydrogen) atoms. The van der Waals surface area contributed by atoms with E-state index in [1.54, 1.807) is 4.68 Å². The lowest BCUT2D eigenvalue weighted by atomic mass is 10.1. The van der Waals surface area contributed by atoms with Crippen molar-refractivity contribution < 1.29 is 0 Å². The zero-order chi connectivity index (χ0) is 14.7. The van der Waals surface area contributed by atoms with Gasteiger partial charge in [0.1, 0.15) is 11.5 Å². The molecule has 1 aromatic carbocycles. The first kappa shape index (κ1) is 13.8. The number of benzene rings is 1. The third-order valence-electron chi connectivity index (χ3n) is 3.28. The van der Waals surface area contributed by atoms with Gasteiger partial charge in [-0.1, -0.05) is 55.3 Å². The third kappa shape index (κ3) is 2.81. The SMILES string of the molecule is CCCc1c(Cl)ncnc1-n1cc(-c2ccccc2)cn1. The van der Waals surface area contributed by atoms with Crippen molar-refractivity contribution in [2.45, 2.75) is 19.8 Å².